The monoisotopic (exact) mass is 410 g/mol. The molecule has 4 heterocycles. The average molecular weight is 411 g/mol. The van der Waals surface area contributed by atoms with E-state index in [2.05, 4.69) is 26.0 Å². The molecule has 6 nitrogen and oxygen atoms in total. The molecule has 0 aliphatic carbocycles. The van der Waals surface area contributed by atoms with Gasteiger partial charge < -0.3 is 10.0 Å². The summed E-state index contributed by atoms with van der Waals surface area (Å²) in [4.78, 5) is 19.4. The highest BCUT2D eigenvalue weighted by atomic mass is 79.9. The lowest BCUT2D eigenvalue weighted by Gasteiger charge is -2.37. The number of thioether (sulfide) groups is 1. The topological polar surface area (TPSA) is 71.2 Å². The highest BCUT2D eigenvalue weighted by molar-refractivity contribution is 9.10. The van der Waals surface area contributed by atoms with Gasteiger partial charge in [-0.1, -0.05) is 0 Å². The number of amides is 1. The standard InChI is InChI=1S/C16H19BrN4O2S/c1-24-8-20-14-6-13(18-7-12(14)15(17)19-20)16(23)21-9-2-3-10(21)5-11(22)4-9/h6-7,9-11,22H,2-5,8H2,1H3. The molecular formula is C16H19BrN4O2S. The molecule has 0 saturated carbocycles. The Balaban J connectivity index is 1.69. The second-order valence-corrected chi connectivity index (χ2v) is 8.10. The molecule has 2 bridgehead atoms. The van der Waals surface area contributed by atoms with E-state index in [4.69, 9.17) is 0 Å². The van der Waals surface area contributed by atoms with Crippen molar-refractivity contribution in [1.29, 1.82) is 0 Å². The summed E-state index contributed by atoms with van der Waals surface area (Å²) in [5, 5.41) is 15.3. The Morgan fingerprint density at radius 2 is 2.12 bits per heavy atom. The zero-order valence-corrected chi connectivity index (χ0v) is 15.8. The maximum Gasteiger partial charge on any atom is 0.273 e. The number of carbonyl (C=O) groups is 1. The lowest BCUT2D eigenvalue weighted by Crippen LogP contribution is -2.48. The Bertz CT molecular complexity index is 782. The molecule has 1 amide bonds. The fraction of sp³-hybridized carbons (Fsp3) is 0.562. The van der Waals surface area contributed by atoms with E-state index in [9.17, 15) is 9.90 Å². The molecule has 2 atom stereocenters. The van der Waals surface area contributed by atoms with Crippen LogP contribution in [0.1, 0.15) is 36.2 Å². The van der Waals surface area contributed by atoms with E-state index < -0.39 is 0 Å². The van der Waals surface area contributed by atoms with E-state index in [1.165, 1.54) is 0 Å². The van der Waals surface area contributed by atoms with Crippen LogP contribution in [0.15, 0.2) is 16.9 Å². The van der Waals surface area contributed by atoms with E-state index in [0.717, 1.165) is 34.2 Å². The Morgan fingerprint density at radius 1 is 1.42 bits per heavy atom. The molecular weight excluding hydrogens is 392 g/mol. The van der Waals surface area contributed by atoms with Crippen molar-refractivity contribution < 1.29 is 9.90 Å². The molecule has 8 heteroatoms. The number of hydrogen-bond donors (Lipinski definition) is 1. The summed E-state index contributed by atoms with van der Waals surface area (Å²) in [5.41, 5.74) is 1.38. The molecule has 2 saturated heterocycles. The van der Waals surface area contributed by atoms with Gasteiger partial charge in [0, 0.05) is 18.3 Å². The lowest BCUT2D eigenvalue weighted by atomic mass is 9.99. The molecule has 24 heavy (non-hydrogen) atoms. The van der Waals surface area contributed by atoms with Crippen molar-refractivity contribution in [3.63, 3.8) is 0 Å². The van der Waals surface area contributed by atoms with E-state index in [0.29, 0.717) is 18.5 Å². The first kappa shape index (κ1) is 16.4. The van der Waals surface area contributed by atoms with Gasteiger partial charge in [-0.15, -0.1) is 11.8 Å². The number of piperidine rings is 1. The molecule has 2 aromatic heterocycles. The van der Waals surface area contributed by atoms with Gasteiger partial charge in [-0.05, 0) is 53.9 Å². The lowest BCUT2D eigenvalue weighted by molar-refractivity contribution is 0.0282. The Kier molecular flexibility index (Phi) is 4.30. The maximum atomic E-state index is 13.0. The number of carbonyl (C=O) groups excluding carboxylic acids is 1. The quantitative estimate of drug-likeness (QED) is 0.841. The van der Waals surface area contributed by atoms with Gasteiger partial charge in [0.25, 0.3) is 5.91 Å². The summed E-state index contributed by atoms with van der Waals surface area (Å²) in [5.74, 6) is 0.699. The van der Waals surface area contributed by atoms with Gasteiger partial charge in [0.15, 0.2) is 0 Å². The molecule has 2 aliphatic heterocycles. The van der Waals surface area contributed by atoms with Crippen molar-refractivity contribution in [2.75, 3.05) is 6.26 Å². The third kappa shape index (κ3) is 2.64. The molecule has 4 rings (SSSR count). The summed E-state index contributed by atoms with van der Waals surface area (Å²) >= 11 is 5.13. The number of pyridine rings is 1. The Hall–Kier alpha value is -1.12. The van der Waals surface area contributed by atoms with Gasteiger partial charge in [-0.2, -0.15) is 5.10 Å². The van der Waals surface area contributed by atoms with Gasteiger partial charge in [0.05, 0.1) is 22.9 Å². The largest absolute Gasteiger partial charge is 0.393 e. The zero-order chi connectivity index (χ0) is 16.8. The van der Waals surface area contributed by atoms with Crippen LogP contribution in [-0.2, 0) is 5.88 Å². The molecule has 0 radical (unpaired) electrons. The van der Waals surface area contributed by atoms with Crippen molar-refractivity contribution in [1.82, 2.24) is 19.7 Å². The predicted molar refractivity (Wildman–Crippen MR) is 97.0 cm³/mol. The number of aliphatic hydroxyl groups excluding tert-OH is 1. The number of fused-ring (bicyclic) bond motifs is 3. The maximum absolute atomic E-state index is 13.0. The van der Waals surface area contributed by atoms with Crippen LogP contribution in [0.4, 0.5) is 0 Å². The second kappa shape index (κ2) is 6.31. The zero-order valence-electron chi connectivity index (χ0n) is 13.4. The van der Waals surface area contributed by atoms with Crippen molar-refractivity contribution in [3.05, 3.63) is 22.6 Å². The van der Waals surface area contributed by atoms with E-state index in [-0.39, 0.29) is 24.1 Å². The van der Waals surface area contributed by atoms with Crippen molar-refractivity contribution in [3.8, 4) is 0 Å². The van der Waals surface area contributed by atoms with Crippen LogP contribution >= 0.6 is 27.7 Å². The predicted octanol–water partition coefficient (Wildman–Crippen LogP) is 2.64. The molecule has 0 aromatic carbocycles. The van der Waals surface area contributed by atoms with Crippen LogP contribution in [0, 0.1) is 0 Å². The van der Waals surface area contributed by atoms with Crippen LogP contribution in [0.25, 0.3) is 10.9 Å². The summed E-state index contributed by atoms with van der Waals surface area (Å²) in [6.45, 7) is 0. The van der Waals surface area contributed by atoms with Gasteiger partial charge in [0.1, 0.15) is 10.3 Å². The van der Waals surface area contributed by atoms with Crippen molar-refractivity contribution >= 4 is 44.5 Å². The summed E-state index contributed by atoms with van der Waals surface area (Å²) in [6, 6.07) is 2.13. The van der Waals surface area contributed by atoms with Crippen LogP contribution in [0.5, 0.6) is 0 Å². The van der Waals surface area contributed by atoms with Gasteiger partial charge in [-0.3, -0.25) is 14.5 Å². The van der Waals surface area contributed by atoms with E-state index >= 15 is 0 Å². The first-order valence-corrected chi connectivity index (χ1v) is 10.3. The van der Waals surface area contributed by atoms with Crippen LogP contribution in [0.2, 0.25) is 0 Å². The first-order chi connectivity index (χ1) is 11.6. The summed E-state index contributed by atoms with van der Waals surface area (Å²) in [7, 11) is 0. The van der Waals surface area contributed by atoms with Crippen LogP contribution < -0.4 is 0 Å². The number of hydrogen-bond acceptors (Lipinski definition) is 5. The van der Waals surface area contributed by atoms with E-state index in [1.807, 2.05) is 21.9 Å². The smallest absolute Gasteiger partial charge is 0.273 e. The number of rotatable bonds is 3. The van der Waals surface area contributed by atoms with Crippen molar-refractivity contribution in [2.24, 2.45) is 0 Å². The normalized spacial score (nSPS) is 26.3. The molecule has 2 aromatic rings. The molecule has 2 unspecified atom stereocenters. The Labute approximate surface area is 152 Å². The fourth-order valence-electron chi connectivity index (χ4n) is 3.98. The third-order valence-electron chi connectivity index (χ3n) is 5.00. The van der Waals surface area contributed by atoms with Crippen LogP contribution in [-0.4, -0.2) is 55.1 Å². The minimum absolute atomic E-state index is 0.0238. The average Bonchev–Trinajstić information content (AvgIpc) is 3.02. The highest BCUT2D eigenvalue weighted by Gasteiger charge is 2.43. The second-order valence-electron chi connectivity index (χ2n) is 6.52. The number of aromatic nitrogens is 3. The van der Waals surface area contributed by atoms with Crippen molar-refractivity contribution in [2.45, 2.75) is 49.7 Å². The minimum atomic E-state index is -0.277. The summed E-state index contributed by atoms with van der Waals surface area (Å²) in [6.07, 6.45) is 6.78. The number of halogens is 1. The SMILES string of the molecule is CSCn1nc(Br)c2cnc(C(=O)N3C4CCC3CC(O)C4)cc21. The molecule has 2 aliphatic rings. The first-order valence-electron chi connectivity index (χ1n) is 8.10. The Morgan fingerprint density at radius 3 is 2.79 bits per heavy atom. The molecule has 128 valence electrons. The van der Waals surface area contributed by atoms with Crippen LogP contribution in [0.3, 0.4) is 0 Å². The number of nitrogens with zero attached hydrogens (tertiary/aromatic N) is 4. The molecule has 0 spiro atoms. The minimum Gasteiger partial charge on any atom is -0.393 e. The van der Waals surface area contributed by atoms with E-state index in [1.54, 1.807) is 18.0 Å². The van der Waals surface area contributed by atoms with Gasteiger partial charge >= 0.3 is 0 Å². The fourth-order valence-corrected chi connectivity index (χ4v) is 4.92. The summed E-state index contributed by atoms with van der Waals surface area (Å²) < 4.78 is 2.64. The number of aliphatic hydroxyl groups is 1. The third-order valence-corrected chi connectivity index (χ3v) is 6.09. The molecule has 1 N–H and O–H groups in total. The molecule has 2 fully saturated rings. The van der Waals surface area contributed by atoms with Gasteiger partial charge in [-0.25, -0.2) is 0 Å². The van der Waals surface area contributed by atoms with Gasteiger partial charge in [0.2, 0.25) is 0 Å². The highest BCUT2D eigenvalue weighted by Crippen LogP contribution is 2.37.